The average Bonchev–Trinajstić information content (AvgIpc) is 2.41. The standard InChI is InChI=1S/C16H30F3NO3S/c1-7-8-9-12(14(21)23-10-11(2)3)13(16(17,18)19)20-24(22)15(4,5)6/h11-13,20H,7-10H2,1-6H3/t12-,13-,24-/m0/s1. The third-order valence-electron chi connectivity index (χ3n) is 3.28. The van der Waals surface area contributed by atoms with Gasteiger partial charge in [-0.3, -0.25) is 4.79 Å². The van der Waals surface area contributed by atoms with Crippen molar-refractivity contribution in [1.29, 1.82) is 0 Å². The van der Waals surface area contributed by atoms with Gasteiger partial charge in [-0.05, 0) is 33.1 Å². The van der Waals surface area contributed by atoms with Crippen LogP contribution in [0.4, 0.5) is 13.2 Å². The molecule has 1 N–H and O–H groups in total. The van der Waals surface area contributed by atoms with Crippen LogP contribution in [0.15, 0.2) is 0 Å². The SMILES string of the molecule is CCCC[C@H](C(=O)OCC(C)C)[C@H](N[S@@](=O)C(C)(C)C)C(F)(F)F. The lowest BCUT2D eigenvalue weighted by Gasteiger charge is -2.30. The minimum absolute atomic E-state index is 0.0294. The molecular formula is C16H30F3NO3S. The van der Waals surface area contributed by atoms with Crippen molar-refractivity contribution in [2.75, 3.05) is 6.61 Å². The summed E-state index contributed by atoms with van der Waals surface area (Å²) >= 11 is 0. The van der Waals surface area contributed by atoms with E-state index in [4.69, 9.17) is 4.74 Å². The highest BCUT2D eigenvalue weighted by Crippen LogP contribution is 2.31. The number of rotatable bonds is 9. The van der Waals surface area contributed by atoms with Crippen LogP contribution >= 0.6 is 0 Å². The monoisotopic (exact) mass is 373 g/mol. The van der Waals surface area contributed by atoms with E-state index < -0.39 is 39.8 Å². The van der Waals surface area contributed by atoms with Gasteiger partial charge in [0.05, 0.1) is 28.3 Å². The van der Waals surface area contributed by atoms with Gasteiger partial charge in [0.15, 0.2) is 0 Å². The van der Waals surface area contributed by atoms with E-state index in [0.29, 0.717) is 12.8 Å². The van der Waals surface area contributed by atoms with Crippen molar-refractivity contribution < 1.29 is 26.9 Å². The predicted molar refractivity (Wildman–Crippen MR) is 89.7 cm³/mol. The Hall–Kier alpha value is -0.630. The Kier molecular flexibility index (Phi) is 9.49. The fourth-order valence-corrected chi connectivity index (χ4v) is 2.75. The van der Waals surface area contributed by atoms with Gasteiger partial charge in [0.25, 0.3) is 0 Å². The van der Waals surface area contributed by atoms with Crippen LogP contribution in [0.1, 0.15) is 60.8 Å². The molecule has 0 amide bonds. The van der Waals surface area contributed by atoms with E-state index >= 15 is 0 Å². The molecular weight excluding hydrogens is 343 g/mol. The summed E-state index contributed by atoms with van der Waals surface area (Å²) in [5, 5.41) is 0. The van der Waals surface area contributed by atoms with Crippen molar-refractivity contribution in [3.63, 3.8) is 0 Å². The number of carbonyl (C=O) groups excluding carboxylic acids is 1. The van der Waals surface area contributed by atoms with E-state index in [1.165, 1.54) is 0 Å². The summed E-state index contributed by atoms with van der Waals surface area (Å²) in [6.45, 7) is 10.2. The highest BCUT2D eigenvalue weighted by atomic mass is 32.2. The van der Waals surface area contributed by atoms with E-state index in [1.807, 2.05) is 20.8 Å². The summed E-state index contributed by atoms with van der Waals surface area (Å²) in [5.41, 5.74) is 0. The number of ether oxygens (including phenoxy) is 1. The molecule has 0 heterocycles. The minimum Gasteiger partial charge on any atom is -0.465 e. The van der Waals surface area contributed by atoms with Crippen molar-refractivity contribution in [1.82, 2.24) is 4.72 Å². The smallest absolute Gasteiger partial charge is 0.405 e. The first-order valence-electron chi connectivity index (χ1n) is 8.22. The topological polar surface area (TPSA) is 55.4 Å². The van der Waals surface area contributed by atoms with Crippen molar-refractivity contribution in [3.8, 4) is 0 Å². The van der Waals surface area contributed by atoms with Crippen LogP contribution < -0.4 is 4.72 Å². The van der Waals surface area contributed by atoms with Gasteiger partial charge in [-0.2, -0.15) is 13.2 Å². The summed E-state index contributed by atoms with van der Waals surface area (Å²) in [4.78, 5) is 12.2. The third-order valence-corrected chi connectivity index (χ3v) is 4.86. The van der Waals surface area contributed by atoms with E-state index in [9.17, 15) is 22.2 Å². The second-order valence-electron chi connectivity index (χ2n) is 7.29. The number of hydrogen-bond donors (Lipinski definition) is 1. The van der Waals surface area contributed by atoms with Crippen LogP contribution in [-0.2, 0) is 20.5 Å². The van der Waals surface area contributed by atoms with E-state index in [2.05, 4.69) is 4.72 Å². The summed E-state index contributed by atoms with van der Waals surface area (Å²) in [6.07, 6.45) is -3.55. The summed E-state index contributed by atoms with van der Waals surface area (Å²) in [6, 6.07) is -2.19. The van der Waals surface area contributed by atoms with E-state index in [0.717, 1.165) is 0 Å². The summed E-state index contributed by atoms with van der Waals surface area (Å²) in [5.74, 6) is -2.27. The molecule has 0 spiro atoms. The average molecular weight is 373 g/mol. The van der Waals surface area contributed by atoms with Crippen LogP contribution in [0, 0.1) is 11.8 Å². The molecule has 4 nitrogen and oxygen atoms in total. The number of carbonyl (C=O) groups is 1. The van der Waals surface area contributed by atoms with Crippen LogP contribution in [0.5, 0.6) is 0 Å². The molecule has 0 bridgehead atoms. The van der Waals surface area contributed by atoms with Gasteiger partial charge in [0, 0.05) is 0 Å². The first-order chi connectivity index (χ1) is 10.8. The van der Waals surface area contributed by atoms with Crippen molar-refractivity contribution >= 4 is 17.0 Å². The molecule has 0 aliphatic carbocycles. The zero-order valence-electron chi connectivity index (χ0n) is 15.3. The summed E-state index contributed by atoms with van der Waals surface area (Å²) in [7, 11) is -1.95. The number of alkyl halides is 3. The lowest BCUT2D eigenvalue weighted by atomic mass is 9.94. The van der Waals surface area contributed by atoms with Crippen molar-refractivity contribution in [2.24, 2.45) is 11.8 Å². The maximum atomic E-state index is 13.5. The fraction of sp³-hybridized carbons (Fsp3) is 0.938. The zero-order chi connectivity index (χ0) is 19.1. The van der Waals surface area contributed by atoms with Gasteiger partial charge in [-0.15, -0.1) is 0 Å². The lowest BCUT2D eigenvalue weighted by Crippen LogP contribution is -2.53. The molecule has 0 fully saturated rings. The molecule has 0 saturated heterocycles. The molecule has 0 aromatic heterocycles. The fourth-order valence-electron chi connectivity index (χ4n) is 1.87. The largest absolute Gasteiger partial charge is 0.465 e. The van der Waals surface area contributed by atoms with E-state index in [1.54, 1.807) is 20.8 Å². The van der Waals surface area contributed by atoms with Gasteiger partial charge < -0.3 is 4.74 Å². The molecule has 3 atom stereocenters. The number of nitrogens with one attached hydrogen (secondary N) is 1. The van der Waals surface area contributed by atoms with Crippen LogP contribution in [0.2, 0.25) is 0 Å². The molecule has 24 heavy (non-hydrogen) atoms. The van der Waals surface area contributed by atoms with Gasteiger partial charge in [0.1, 0.15) is 6.04 Å². The van der Waals surface area contributed by atoms with Crippen molar-refractivity contribution in [3.05, 3.63) is 0 Å². The molecule has 0 rings (SSSR count). The molecule has 0 radical (unpaired) electrons. The first-order valence-corrected chi connectivity index (χ1v) is 9.37. The Morgan fingerprint density at radius 2 is 1.75 bits per heavy atom. The Morgan fingerprint density at radius 1 is 1.21 bits per heavy atom. The quantitative estimate of drug-likeness (QED) is 0.622. The van der Waals surface area contributed by atoms with E-state index in [-0.39, 0.29) is 18.9 Å². The molecule has 144 valence electrons. The predicted octanol–water partition coefficient (Wildman–Crippen LogP) is 3.97. The highest BCUT2D eigenvalue weighted by molar-refractivity contribution is 7.84. The second kappa shape index (κ2) is 9.75. The van der Waals surface area contributed by atoms with Gasteiger partial charge in [-0.1, -0.05) is 33.6 Å². The Morgan fingerprint density at radius 3 is 2.12 bits per heavy atom. The molecule has 0 unspecified atom stereocenters. The number of hydrogen-bond acceptors (Lipinski definition) is 3. The molecule has 8 heteroatoms. The van der Waals surface area contributed by atoms with Crippen LogP contribution in [0.3, 0.4) is 0 Å². The molecule has 0 aromatic rings. The second-order valence-corrected chi connectivity index (χ2v) is 9.29. The zero-order valence-corrected chi connectivity index (χ0v) is 16.1. The molecule has 0 saturated carbocycles. The Bertz CT molecular complexity index is 420. The maximum absolute atomic E-state index is 13.5. The Balaban J connectivity index is 5.41. The Labute approximate surface area is 145 Å². The summed E-state index contributed by atoms with van der Waals surface area (Å²) < 4.78 is 58.9. The number of halogens is 3. The number of unbranched alkanes of at least 4 members (excludes halogenated alkanes) is 1. The molecule has 0 aliphatic rings. The van der Waals surface area contributed by atoms with Gasteiger partial charge in [-0.25, -0.2) is 8.93 Å². The van der Waals surface area contributed by atoms with Gasteiger partial charge >= 0.3 is 12.1 Å². The first kappa shape index (κ1) is 23.4. The minimum atomic E-state index is -4.70. The third kappa shape index (κ3) is 8.46. The lowest BCUT2D eigenvalue weighted by molar-refractivity contribution is -0.180. The number of esters is 1. The van der Waals surface area contributed by atoms with Gasteiger partial charge in [0.2, 0.25) is 0 Å². The van der Waals surface area contributed by atoms with Crippen LogP contribution in [-0.4, -0.2) is 33.8 Å². The maximum Gasteiger partial charge on any atom is 0.405 e. The van der Waals surface area contributed by atoms with Crippen LogP contribution in [0.25, 0.3) is 0 Å². The molecule has 0 aromatic carbocycles. The molecule has 0 aliphatic heterocycles. The van der Waals surface area contributed by atoms with Crippen molar-refractivity contribution in [2.45, 2.75) is 77.8 Å². The normalized spacial score (nSPS) is 16.8. The highest BCUT2D eigenvalue weighted by Gasteiger charge is 2.49.